The summed E-state index contributed by atoms with van der Waals surface area (Å²) >= 11 is 0. The molecule has 21 atom stereocenters. The monoisotopic (exact) mass is 1390 g/mol. The molecule has 11 saturated heterocycles. The number of aliphatic hydroxyl groups is 1. The number of primary amides is 1. The number of rotatable bonds is 22. The van der Waals surface area contributed by atoms with Crippen LogP contribution in [0.25, 0.3) is 0 Å². The molecular formula is C71H108N8O20. The summed E-state index contributed by atoms with van der Waals surface area (Å²) in [6, 6.07) is -2.98. The van der Waals surface area contributed by atoms with Crippen LogP contribution in [0.15, 0.2) is 36.5 Å². The van der Waals surface area contributed by atoms with E-state index in [1.165, 1.54) is 17.1 Å². The van der Waals surface area contributed by atoms with Crippen LogP contribution < -0.4 is 27.0 Å². The van der Waals surface area contributed by atoms with Crippen molar-refractivity contribution < 1.29 is 95.6 Å². The van der Waals surface area contributed by atoms with Gasteiger partial charge in [0.2, 0.25) is 23.6 Å². The van der Waals surface area contributed by atoms with Gasteiger partial charge in [-0.1, -0.05) is 40.3 Å². The van der Waals surface area contributed by atoms with Gasteiger partial charge in [-0.15, -0.1) is 0 Å². The number of fused-ring (bicyclic) bond motifs is 6. The summed E-state index contributed by atoms with van der Waals surface area (Å²) in [4.78, 5) is 110. The second-order valence-corrected chi connectivity index (χ2v) is 29.6. The van der Waals surface area contributed by atoms with E-state index < -0.39 is 102 Å². The molecule has 0 saturated carbocycles. The van der Waals surface area contributed by atoms with Crippen LogP contribution in [0.4, 0.5) is 4.79 Å². The minimum absolute atomic E-state index is 0.0122. The highest BCUT2D eigenvalue weighted by Gasteiger charge is 2.69. The van der Waals surface area contributed by atoms with E-state index in [9.17, 15) is 43.5 Å². The van der Waals surface area contributed by atoms with Crippen LogP contribution in [0.1, 0.15) is 143 Å². The van der Waals surface area contributed by atoms with Crippen LogP contribution in [0.5, 0.6) is 0 Å². The number of methoxy groups -OCH3 is 1. The number of unbranched alkanes of at least 4 members (excludes halogenated alkanes) is 2. The first-order valence-electron chi connectivity index (χ1n) is 36.6. The highest BCUT2D eigenvalue weighted by molar-refractivity contribution is 6.12. The number of ketones is 1. The third-order valence-electron chi connectivity index (χ3n) is 22.1. The summed E-state index contributed by atoms with van der Waals surface area (Å²) in [5, 5.41) is 22.9. The molecule has 0 aliphatic carbocycles. The molecule has 0 radical (unpaired) electrons. The fourth-order valence-electron chi connectivity index (χ4n) is 16.7. The number of carbonyl (C=O) groups is 8. The Morgan fingerprint density at radius 3 is 2.15 bits per heavy atom. The Morgan fingerprint density at radius 2 is 1.41 bits per heavy atom. The molecule has 8 amide bonds. The summed E-state index contributed by atoms with van der Waals surface area (Å²) in [7, 11) is 1.57. The lowest BCUT2D eigenvalue weighted by molar-refractivity contribution is -0.292. The highest BCUT2D eigenvalue weighted by Crippen LogP contribution is 2.54. The van der Waals surface area contributed by atoms with Gasteiger partial charge in [0.15, 0.2) is 5.79 Å². The second-order valence-electron chi connectivity index (χ2n) is 29.6. The Morgan fingerprint density at radius 1 is 0.717 bits per heavy atom. The predicted octanol–water partition coefficient (Wildman–Crippen LogP) is 2.33. The maximum Gasteiger partial charge on any atom is 0.312 e. The molecule has 1 spiro atoms. The molecule has 0 aromatic heterocycles. The van der Waals surface area contributed by atoms with Gasteiger partial charge in [0.25, 0.3) is 11.8 Å². The van der Waals surface area contributed by atoms with E-state index in [2.05, 4.69) is 41.3 Å². The van der Waals surface area contributed by atoms with Gasteiger partial charge in [0.1, 0.15) is 48.4 Å². The Kier molecular flexibility index (Phi) is 25.9. The fraction of sp³-hybridized carbons (Fsp3) is 0.803. The zero-order valence-electron chi connectivity index (χ0n) is 58.2. The van der Waals surface area contributed by atoms with Crippen LogP contribution in [0, 0.1) is 17.8 Å². The van der Waals surface area contributed by atoms with E-state index in [0.29, 0.717) is 90.5 Å². The van der Waals surface area contributed by atoms with E-state index in [0.717, 1.165) is 43.3 Å². The van der Waals surface area contributed by atoms with E-state index in [1.54, 1.807) is 25.9 Å². The van der Waals surface area contributed by atoms with E-state index in [1.807, 2.05) is 4.90 Å². The van der Waals surface area contributed by atoms with E-state index in [4.69, 9.17) is 57.8 Å². The molecule has 28 nitrogen and oxygen atoms in total. The largest absolute Gasteiger partial charge is 0.391 e. The van der Waals surface area contributed by atoms with Crippen molar-refractivity contribution in [2.75, 3.05) is 85.9 Å². The fourth-order valence-corrected chi connectivity index (χ4v) is 16.7. The van der Waals surface area contributed by atoms with Crippen molar-refractivity contribution in [1.29, 1.82) is 0 Å². The number of hydrogen-bond donors (Lipinski definition) is 6. The van der Waals surface area contributed by atoms with E-state index in [-0.39, 0.29) is 156 Å². The van der Waals surface area contributed by atoms with Gasteiger partial charge in [-0.3, -0.25) is 43.4 Å². The van der Waals surface area contributed by atoms with Crippen LogP contribution >= 0.6 is 0 Å². The molecule has 12 aliphatic heterocycles. The molecule has 12 bridgehead atoms. The van der Waals surface area contributed by atoms with Gasteiger partial charge in [0.05, 0.1) is 100 Å². The lowest BCUT2D eigenvalue weighted by Gasteiger charge is -2.47. The second kappa shape index (κ2) is 34.3. The normalized spacial score (nSPS) is 36.1. The SMILES string of the molecule is C=C1C[C@@H]2CC[C@@]34C[C@H]5OC6C(O[C@H]7CC[C@H](CC(=O)C[C@@H]8[C@@H](OC)[C@@H](C[C@H](O)CNC(=O)[C@H](CCCNC(N)=O)NC(=O)[C@@H](NC(=O)CN9CCOCCN(C(=O)CCCCCN%10C(=O)C=CC%10=O)CCOCC9)C(C)C)O[C@H]8C[C@H]8O[C@@H](CC[C@@H]1O2)C[C@@H](C)C8=C)O[C@@H]7[C@@H]6O3)[C@H]5O4. The van der Waals surface area contributed by atoms with Crippen molar-refractivity contribution in [2.45, 2.75) is 258 Å². The summed E-state index contributed by atoms with van der Waals surface area (Å²) in [6.45, 7) is 17.2. The number of amides is 8. The topological polar surface area (TPSA) is 342 Å². The van der Waals surface area contributed by atoms with Crippen LogP contribution in [0.3, 0.4) is 0 Å². The van der Waals surface area contributed by atoms with Gasteiger partial charge in [-0.05, 0) is 93.6 Å². The standard InChI is InChI=1S/C71H108N8O20/c1-40(2)61(76-57(82)39-77-23-27-90-29-25-78(26-30-91-28-24-77)58(83)12-8-7-9-22-79-59(84)17-18-60(79)85)69(87)75-50(11-10-21-73-70(72)88)68(86)74-38-45(81)35-55-62(89-6)49-34-44(80)33-47-14-16-52-63(94-47)67-66-65(96-52)64-56(97-66)37-71(98-64,99-67)20-19-48-32-42(4)51(92-48)15-13-46-31-41(3)43(5)53(93-46)36-54(49)95-55/h17-18,40-41,45-56,61-67,81H,4-5,7-16,19-39H2,1-3,6H3,(H,74,86)(H,75,87)(H,76,82)(H3,72,73,88)/t41-,45+,46+,47-,48+,49+,50+,51+,52+,53-,54+,55-,56-,61+,62-,63+,64+,65?,66?,67+,71+/m1/s1. The summed E-state index contributed by atoms with van der Waals surface area (Å²) < 4.78 is 72.9. The number of aliphatic hydroxyl groups excluding tert-OH is 1. The minimum atomic E-state index is -1.18. The molecule has 0 aromatic rings. The summed E-state index contributed by atoms with van der Waals surface area (Å²) in [5.74, 6) is -3.99. The number of carbonyl (C=O) groups excluding carboxylic acids is 8. The first kappa shape index (κ1) is 74.8. The smallest absolute Gasteiger partial charge is 0.312 e. The number of hydrogen-bond acceptors (Lipinski definition) is 21. The van der Waals surface area contributed by atoms with Crippen LogP contribution in [-0.4, -0.2) is 268 Å². The quantitative estimate of drug-likeness (QED) is 0.0515. The van der Waals surface area contributed by atoms with Crippen molar-refractivity contribution in [3.63, 3.8) is 0 Å². The van der Waals surface area contributed by atoms with Crippen LogP contribution in [0.2, 0.25) is 0 Å². The van der Waals surface area contributed by atoms with Gasteiger partial charge in [-0.2, -0.15) is 0 Å². The van der Waals surface area contributed by atoms with Crippen molar-refractivity contribution in [3.05, 3.63) is 36.5 Å². The average Bonchev–Trinajstić information content (AvgIpc) is 1.55. The third-order valence-corrected chi connectivity index (χ3v) is 22.1. The van der Waals surface area contributed by atoms with Gasteiger partial charge >= 0.3 is 6.03 Å². The zero-order chi connectivity index (χ0) is 70.1. The number of ether oxygens (including phenoxy) is 11. The van der Waals surface area contributed by atoms with E-state index >= 15 is 0 Å². The molecular weight excluding hydrogens is 1280 g/mol. The Hall–Kier alpha value is -5.34. The molecule has 0 aromatic carbocycles. The molecule has 12 heterocycles. The van der Waals surface area contributed by atoms with Gasteiger partial charge < -0.3 is 89.1 Å². The molecule has 2 unspecified atom stereocenters. The minimum Gasteiger partial charge on any atom is -0.391 e. The van der Waals surface area contributed by atoms with Crippen molar-refractivity contribution >= 4 is 47.3 Å². The number of Topliss-reactive ketones (excluding diaryl/α,β-unsaturated/α-hetero) is 1. The van der Waals surface area contributed by atoms with Crippen molar-refractivity contribution in [3.8, 4) is 0 Å². The number of nitrogens with zero attached hydrogens (tertiary/aromatic N) is 3. The first-order chi connectivity index (χ1) is 47.6. The molecule has 7 N–H and O–H groups in total. The Labute approximate surface area is 580 Å². The van der Waals surface area contributed by atoms with Crippen LogP contribution in [-0.2, 0) is 85.7 Å². The maximum absolute atomic E-state index is 14.7. The lowest BCUT2D eigenvalue weighted by atomic mass is 9.81. The average molecular weight is 1390 g/mol. The number of nitrogens with two attached hydrogens (primary N) is 1. The van der Waals surface area contributed by atoms with Crippen molar-refractivity contribution in [1.82, 2.24) is 36.0 Å². The lowest BCUT2D eigenvalue weighted by Crippen LogP contribution is -2.61. The Bertz CT molecular complexity index is 2890. The Balaban J connectivity index is 0.691. The number of imide groups is 1. The third kappa shape index (κ3) is 18.9. The maximum atomic E-state index is 14.7. The molecule has 99 heavy (non-hydrogen) atoms. The molecule has 12 rings (SSSR count). The first-order valence-corrected chi connectivity index (χ1v) is 36.6. The predicted molar refractivity (Wildman–Crippen MR) is 355 cm³/mol. The summed E-state index contributed by atoms with van der Waals surface area (Å²) in [5.41, 5.74) is 7.37. The molecule has 552 valence electrons. The number of urea groups is 1. The number of nitrogens with one attached hydrogen (secondary N) is 4. The van der Waals surface area contributed by atoms with Crippen molar-refractivity contribution in [2.24, 2.45) is 23.5 Å². The van der Waals surface area contributed by atoms with Gasteiger partial charge in [0, 0.05) is 116 Å². The zero-order valence-corrected chi connectivity index (χ0v) is 58.2. The molecule has 11 fully saturated rings. The van der Waals surface area contributed by atoms with Gasteiger partial charge in [-0.25, -0.2) is 4.79 Å². The molecule has 12 aliphatic rings. The summed E-state index contributed by atoms with van der Waals surface area (Å²) in [6.07, 6.45) is 5.62. The highest BCUT2D eigenvalue weighted by atomic mass is 16.8. The molecule has 28 heteroatoms.